The van der Waals surface area contributed by atoms with Crippen molar-refractivity contribution in [2.24, 2.45) is 0 Å². The molecule has 0 spiro atoms. The molecule has 0 heterocycles. The second kappa shape index (κ2) is 12.5. The van der Waals surface area contributed by atoms with Gasteiger partial charge in [-0.25, -0.2) is 0 Å². The molecule has 0 aromatic heterocycles. The predicted molar refractivity (Wildman–Crippen MR) is 82.5 cm³/mol. The Labute approximate surface area is 176 Å². The van der Waals surface area contributed by atoms with Crippen LogP contribution in [0.1, 0.15) is 12.8 Å². The third-order valence-electron chi connectivity index (χ3n) is 3.57. The molecule has 24 heavy (non-hydrogen) atoms. The van der Waals surface area contributed by atoms with Crippen LogP contribution in [0.25, 0.3) is 0 Å². The molecule has 0 aromatic rings. The molecule has 0 amide bonds. The van der Waals surface area contributed by atoms with E-state index in [4.69, 9.17) is 19.7 Å². The van der Waals surface area contributed by atoms with Crippen LogP contribution in [0.4, 0.5) is 0 Å². The number of ether oxygens (including phenoxy) is 2. The normalized spacial score (nSPS) is 15.8. The number of halogens is 2. The van der Waals surface area contributed by atoms with Crippen LogP contribution in [-0.4, -0.2) is 44.7 Å². The molecular formula is C16H22Cl2O4SiZr. The first-order valence-corrected chi connectivity index (χ1v) is 10.2. The first-order chi connectivity index (χ1) is 10.1. The second-order valence-electron chi connectivity index (χ2n) is 5.42. The summed E-state index contributed by atoms with van der Waals surface area (Å²) in [6.45, 7) is 5.06. The Balaban J connectivity index is 0. The Kier molecular flexibility index (Phi) is 13.7. The van der Waals surface area contributed by atoms with Gasteiger partial charge in [0.1, 0.15) is 0 Å². The molecule has 2 rings (SSSR count). The zero-order valence-corrected chi connectivity index (χ0v) is 18.8. The van der Waals surface area contributed by atoms with E-state index < -0.39 is 8.07 Å². The predicted octanol–water partition coefficient (Wildman–Crippen LogP) is -4.17. The minimum atomic E-state index is -2.00. The Bertz CT molecular complexity index is 472. The van der Waals surface area contributed by atoms with Gasteiger partial charge in [-0.1, -0.05) is 13.1 Å². The molecule has 4 nitrogen and oxygen atoms in total. The molecule has 8 heteroatoms. The van der Waals surface area contributed by atoms with Gasteiger partial charge in [0.15, 0.2) is 0 Å². The molecule has 2 N–H and O–H groups in total. The number of allylic oxidation sites excluding steroid dienone is 6. The van der Waals surface area contributed by atoms with E-state index in [1.54, 1.807) is 0 Å². The quantitative estimate of drug-likeness (QED) is 0.281. The third-order valence-corrected chi connectivity index (χ3v) is 6.92. The molecule has 0 saturated heterocycles. The molecule has 0 unspecified atom stereocenters. The zero-order valence-electron chi connectivity index (χ0n) is 13.9. The summed E-state index contributed by atoms with van der Waals surface area (Å²) in [5.41, 5.74) is 0. The molecular weight excluding hydrogens is 446 g/mol. The van der Waals surface area contributed by atoms with Crippen LogP contribution in [-0.2, 0) is 35.7 Å². The summed E-state index contributed by atoms with van der Waals surface area (Å²) in [7, 11) is -2.00. The van der Waals surface area contributed by atoms with Crippen LogP contribution < -0.4 is 24.8 Å². The van der Waals surface area contributed by atoms with Crippen molar-refractivity contribution in [1.82, 2.24) is 0 Å². The molecule has 2 aliphatic rings. The molecule has 0 saturated carbocycles. The van der Waals surface area contributed by atoms with Crippen LogP contribution in [0.15, 0.2) is 34.1 Å². The van der Waals surface area contributed by atoms with Crippen LogP contribution in [0.3, 0.4) is 0 Å². The van der Waals surface area contributed by atoms with E-state index in [9.17, 15) is 0 Å². The van der Waals surface area contributed by atoms with Gasteiger partial charge in [-0.3, -0.25) is 12.2 Å². The zero-order chi connectivity index (χ0) is 15.3. The SMILES string of the molecule is C[Si](C)(C1=[C-]CC=C1OCCO)C1=[C-]CC=C1OCCO.[Cl-].[Cl-].[Zr+4]. The minimum Gasteiger partial charge on any atom is -1.00 e. The van der Waals surface area contributed by atoms with Crippen molar-refractivity contribution in [3.63, 3.8) is 0 Å². The van der Waals surface area contributed by atoms with Gasteiger partial charge >= 0.3 is 26.2 Å². The summed E-state index contributed by atoms with van der Waals surface area (Å²) in [4.78, 5) is 0. The molecule has 0 aliphatic heterocycles. The summed E-state index contributed by atoms with van der Waals surface area (Å²) in [6.07, 6.45) is 12.3. The summed E-state index contributed by atoms with van der Waals surface area (Å²) in [6, 6.07) is 0. The molecule has 2 aliphatic carbocycles. The minimum absolute atomic E-state index is 0. The summed E-state index contributed by atoms with van der Waals surface area (Å²) >= 11 is 0. The van der Waals surface area contributed by atoms with E-state index in [1.165, 1.54) is 0 Å². The maximum atomic E-state index is 8.93. The molecule has 0 fully saturated rings. The van der Waals surface area contributed by atoms with Crippen molar-refractivity contribution in [1.29, 1.82) is 0 Å². The van der Waals surface area contributed by atoms with Gasteiger partial charge in [0.05, 0.1) is 26.4 Å². The van der Waals surface area contributed by atoms with Crippen molar-refractivity contribution in [3.05, 3.63) is 46.2 Å². The van der Waals surface area contributed by atoms with Crippen molar-refractivity contribution in [3.8, 4) is 0 Å². The van der Waals surface area contributed by atoms with Gasteiger partial charge in [0, 0.05) is 8.07 Å². The molecule has 0 atom stereocenters. The van der Waals surface area contributed by atoms with E-state index in [2.05, 4.69) is 25.2 Å². The Morgan fingerprint density at radius 3 is 1.62 bits per heavy atom. The molecule has 0 radical (unpaired) electrons. The van der Waals surface area contributed by atoms with Crippen LogP contribution in [0.2, 0.25) is 13.1 Å². The summed E-state index contributed by atoms with van der Waals surface area (Å²) in [5.74, 6) is 1.67. The fourth-order valence-electron chi connectivity index (χ4n) is 2.63. The van der Waals surface area contributed by atoms with Crippen molar-refractivity contribution >= 4 is 8.07 Å². The van der Waals surface area contributed by atoms with Crippen LogP contribution in [0, 0.1) is 12.2 Å². The summed E-state index contributed by atoms with van der Waals surface area (Å²) < 4.78 is 11.3. The van der Waals surface area contributed by atoms with E-state index in [-0.39, 0.29) is 64.2 Å². The van der Waals surface area contributed by atoms with E-state index >= 15 is 0 Å². The van der Waals surface area contributed by atoms with E-state index in [1.807, 2.05) is 12.2 Å². The van der Waals surface area contributed by atoms with Crippen molar-refractivity contribution < 1.29 is 70.7 Å². The third kappa shape index (κ3) is 6.15. The number of aliphatic hydroxyl groups is 2. The number of hydrogen-bond acceptors (Lipinski definition) is 4. The second-order valence-corrected chi connectivity index (χ2v) is 9.67. The van der Waals surface area contributed by atoms with Crippen LogP contribution >= 0.6 is 0 Å². The van der Waals surface area contributed by atoms with Gasteiger partial charge in [0.25, 0.3) is 0 Å². The number of rotatable bonds is 8. The van der Waals surface area contributed by atoms with Crippen molar-refractivity contribution in [2.45, 2.75) is 25.9 Å². The average molecular weight is 469 g/mol. The largest absolute Gasteiger partial charge is 4.00 e. The monoisotopic (exact) mass is 466 g/mol. The van der Waals surface area contributed by atoms with Gasteiger partial charge in [-0.05, 0) is 11.5 Å². The topological polar surface area (TPSA) is 58.9 Å². The van der Waals surface area contributed by atoms with Gasteiger partial charge in [-0.2, -0.15) is 10.4 Å². The number of aliphatic hydroxyl groups excluding tert-OH is 2. The fourth-order valence-corrected chi connectivity index (χ4v) is 5.54. The van der Waals surface area contributed by atoms with E-state index in [0.29, 0.717) is 13.2 Å². The first kappa shape index (κ1) is 26.4. The number of hydrogen-bond donors (Lipinski definition) is 2. The van der Waals surface area contributed by atoms with Gasteiger partial charge in [-0.15, -0.1) is 25.0 Å². The molecule has 132 valence electrons. The van der Waals surface area contributed by atoms with Gasteiger partial charge < -0.3 is 44.5 Å². The van der Waals surface area contributed by atoms with E-state index in [0.717, 1.165) is 34.8 Å². The van der Waals surface area contributed by atoms with Crippen molar-refractivity contribution in [2.75, 3.05) is 26.4 Å². The summed E-state index contributed by atoms with van der Waals surface area (Å²) in [5, 5.41) is 20.1. The molecule has 0 aromatic carbocycles. The van der Waals surface area contributed by atoms with Gasteiger partial charge in [0.2, 0.25) is 0 Å². The average Bonchev–Trinajstić information content (AvgIpc) is 3.11. The standard InChI is InChI=1S/C16H22O4Si.2ClH.Zr/c1-21(2,15-7-3-5-13(15)19-11-9-17)16-8-4-6-14(16)20-12-10-18;;;/h5-6,17-18H,3-4,9-12H2,1-2H3;2*1H;/q-2;;;+4/p-2. The Morgan fingerprint density at radius 2 is 1.29 bits per heavy atom. The smallest absolute Gasteiger partial charge is 1.00 e. The Hall–Kier alpha value is 0.160. The Morgan fingerprint density at radius 1 is 0.917 bits per heavy atom. The maximum absolute atomic E-state index is 8.93. The first-order valence-electron chi connectivity index (χ1n) is 7.22. The maximum Gasteiger partial charge on any atom is 4.00 e. The fraction of sp³-hybridized carbons (Fsp3) is 0.500. The van der Waals surface area contributed by atoms with Crippen LogP contribution in [0.5, 0.6) is 0 Å². The molecule has 0 bridgehead atoms.